The first-order chi connectivity index (χ1) is 17.5. The minimum absolute atomic E-state index is 0.0497. The number of pyridine rings is 1. The summed E-state index contributed by atoms with van der Waals surface area (Å²) < 4.78 is 12.9. The fraction of sp³-hybridized carbons (Fsp3) is 0.231. The molecule has 10 heteroatoms. The number of nitrogens with two attached hydrogens (primary N) is 1. The van der Waals surface area contributed by atoms with Crippen molar-refractivity contribution in [3.63, 3.8) is 0 Å². The highest BCUT2D eigenvalue weighted by Gasteiger charge is 2.28. The van der Waals surface area contributed by atoms with Crippen LogP contribution >= 0.6 is 11.6 Å². The molecule has 1 saturated heterocycles. The maximum atomic E-state index is 12.2. The van der Waals surface area contributed by atoms with Crippen molar-refractivity contribution in [3.8, 4) is 28.8 Å². The lowest BCUT2D eigenvalue weighted by atomic mass is 9.94. The predicted molar refractivity (Wildman–Crippen MR) is 137 cm³/mol. The van der Waals surface area contributed by atoms with E-state index in [1.807, 2.05) is 17.0 Å². The average molecular weight is 505 g/mol. The lowest BCUT2D eigenvalue weighted by Crippen LogP contribution is -2.38. The highest BCUT2D eigenvalue weighted by atomic mass is 35.5. The summed E-state index contributed by atoms with van der Waals surface area (Å²) in [6.07, 6.45) is 6.40. The first-order valence-corrected chi connectivity index (χ1v) is 11.9. The van der Waals surface area contributed by atoms with Gasteiger partial charge in [-0.3, -0.25) is 9.20 Å². The van der Waals surface area contributed by atoms with E-state index < -0.39 is 0 Å². The van der Waals surface area contributed by atoms with Crippen molar-refractivity contribution in [1.29, 1.82) is 0 Å². The number of hydrogen-bond acceptors (Lipinski definition) is 7. The van der Waals surface area contributed by atoms with E-state index >= 15 is 0 Å². The summed E-state index contributed by atoms with van der Waals surface area (Å²) in [5.41, 5.74) is 8.67. The van der Waals surface area contributed by atoms with Crippen LogP contribution in [0.4, 0.5) is 5.95 Å². The number of likely N-dealkylation sites (tertiary alicyclic amines) is 1. The Hall–Kier alpha value is -4.11. The number of anilines is 1. The number of aromatic nitrogens is 4. The van der Waals surface area contributed by atoms with E-state index in [4.69, 9.17) is 31.8 Å². The Labute approximate surface area is 213 Å². The van der Waals surface area contributed by atoms with Crippen molar-refractivity contribution in [2.45, 2.75) is 18.8 Å². The van der Waals surface area contributed by atoms with Crippen molar-refractivity contribution >= 4 is 29.0 Å². The second kappa shape index (κ2) is 9.87. The summed E-state index contributed by atoms with van der Waals surface area (Å²) in [7, 11) is 1.58. The molecule has 0 aliphatic carbocycles. The number of nitrogen functional groups attached to an aromatic ring is 1. The van der Waals surface area contributed by atoms with Crippen LogP contribution in [0, 0.1) is 0 Å². The first-order valence-electron chi connectivity index (χ1n) is 11.5. The largest absolute Gasteiger partial charge is 0.497 e. The van der Waals surface area contributed by atoms with Crippen LogP contribution in [0.2, 0.25) is 5.02 Å². The molecule has 1 amide bonds. The van der Waals surface area contributed by atoms with Crippen LogP contribution in [-0.4, -0.2) is 50.4 Å². The first kappa shape index (κ1) is 23.6. The van der Waals surface area contributed by atoms with Gasteiger partial charge in [-0.05, 0) is 43.2 Å². The van der Waals surface area contributed by atoms with Gasteiger partial charge in [-0.25, -0.2) is 15.0 Å². The zero-order valence-electron chi connectivity index (χ0n) is 19.7. The molecule has 1 aliphatic heterocycles. The Morgan fingerprint density at radius 1 is 1.19 bits per heavy atom. The van der Waals surface area contributed by atoms with Gasteiger partial charge in [0.1, 0.15) is 17.3 Å². The molecule has 0 spiro atoms. The molecule has 1 unspecified atom stereocenters. The maximum Gasteiger partial charge on any atom is 0.245 e. The Bertz CT molecular complexity index is 1450. The number of halogens is 1. The number of benzene rings is 1. The van der Waals surface area contributed by atoms with Crippen molar-refractivity contribution < 1.29 is 14.3 Å². The van der Waals surface area contributed by atoms with Gasteiger partial charge in [-0.2, -0.15) is 0 Å². The molecule has 4 aromatic rings. The molecule has 1 aliphatic rings. The minimum Gasteiger partial charge on any atom is -0.497 e. The van der Waals surface area contributed by atoms with Gasteiger partial charge in [0.05, 0.1) is 23.3 Å². The van der Waals surface area contributed by atoms with Crippen LogP contribution in [0.3, 0.4) is 0 Å². The topological polar surface area (TPSA) is 108 Å². The molecule has 1 aromatic carbocycles. The number of methoxy groups -OCH3 is 1. The standard InChI is InChI=1S/C26H25ClN6O3/c1-3-23(34)32-12-4-5-16(15-32)24-21-9-11-30-26(28)33(21)25(31-24)19-7-6-18(13-20(19)27)36-22-14-17(35-2)8-10-29-22/h3,6-11,13-14,16H,1,4-5,12,15H2,2H3,(H2,28,30). The zero-order chi connectivity index (χ0) is 25.2. The SMILES string of the molecule is C=CC(=O)N1CCCC(c2nc(-c3ccc(Oc4cc(OC)ccn4)cc3Cl)n3c(N)nccc23)C1. The number of ether oxygens (including phenoxy) is 2. The molecule has 4 heterocycles. The van der Waals surface area contributed by atoms with Crippen molar-refractivity contribution in [1.82, 2.24) is 24.3 Å². The molecule has 9 nitrogen and oxygen atoms in total. The third-order valence-electron chi connectivity index (χ3n) is 6.25. The van der Waals surface area contributed by atoms with Crippen LogP contribution in [-0.2, 0) is 4.79 Å². The number of imidazole rings is 1. The number of rotatable bonds is 6. The highest BCUT2D eigenvalue weighted by molar-refractivity contribution is 6.33. The molecule has 184 valence electrons. The second-order valence-electron chi connectivity index (χ2n) is 8.45. The van der Waals surface area contributed by atoms with Crippen molar-refractivity contribution in [2.24, 2.45) is 0 Å². The monoisotopic (exact) mass is 504 g/mol. The van der Waals surface area contributed by atoms with Gasteiger partial charge < -0.3 is 20.1 Å². The van der Waals surface area contributed by atoms with E-state index in [0.29, 0.717) is 52.8 Å². The molecule has 3 aromatic heterocycles. The van der Waals surface area contributed by atoms with E-state index in [1.165, 1.54) is 6.08 Å². The molecule has 0 radical (unpaired) electrons. The number of piperidine rings is 1. The van der Waals surface area contributed by atoms with E-state index in [1.54, 1.807) is 48.2 Å². The van der Waals surface area contributed by atoms with Crippen molar-refractivity contribution in [3.05, 3.63) is 72.2 Å². The van der Waals surface area contributed by atoms with Gasteiger partial charge in [0.25, 0.3) is 0 Å². The van der Waals surface area contributed by atoms with Gasteiger partial charge in [-0.15, -0.1) is 0 Å². The Balaban J connectivity index is 1.52. The number of nitrogens with zero attached hydrogens (tertiary/aromatic N) is 5. The van der Waals surface area contributed by atoms with E-state index in [2.05, 4.69) is 16.5 Å². The van der Waals surface area contributed by atoms with Crippen LogP contribution in [0.1, 0.15) is 24.5 Å². The molecule has 5 rings (SSSR count). The quantitative estimate of drug-likeness (QED) is 0.378. The maximum absolute atomic E-state index is 12.2. The summed E-state index contributed by atoms with van der Waals surface area (Å²) in [5.74, 6) is 2.39. The number of fused-ring (bicyclic) bond motifs is 1. The third-order valence-corrected chi connectivity index (χ3v) is 6.56. The van der Waals surface area contributed by atoms with Crippen LogP contribution in [0.5, 0.6) is 17.4 Å². The van der Waals surface area contributed by atoms with Crippen LogP contribution in [0.15, 0.2) is 61.4 Å². The van der Waals surface area contributed by atoms with Gasteiger partial charge in [0, 0.05) is 49.1 Å². The van der Waals surface area contributed by atoms with Crippen LogP contribution < -0.4 is 15.2 Å². The molecule has 1 fully saturated rings. The molecular weight excluding hydrogens is 480 g/mol. The Morgan fingerprint density at radius 3 is 2.81 bits per heavy atom. The molecule has 0 bridgehead atoms. The average Bonchev–Trinajstić information content (AvgIpc) is 3.29. The second-order valence-corrected chi connectivity index (χ2v) is 8.86. The third kappa shape index (κ3) is 4.45. The Morgan fingerprint density at radius 2 is 2.03 bits per heavy atom. The van der Waals surface area contributed by atoms with Crippen molar-refractivity contribution in [2.75, 3.05) is 25.9 Å². The Kier molecular flexibility index (Phi) is 6.47. The fourth-order valence-corrected chi connectivity index (χ4v) is 4.79. The molecule has 0 saturated carbocycles. The van der Waals surface area contributed by atoms with Gasteiger partial charge in [0.15, 0.2) is 0 Å². The fourth-order valence-electron chi connectivity index (χ4n) is 4.53. The number of hydrogen-bond donors (Lipinski definition) is 1. The van der Waals surface area contributed by atoms with Gasteiger partial charge >= 0.3 is 0 Å². The van der Waals surface area contributed by atoms with E-state index in [0.717, 1.165) is 24.1 Å². The van der Waals surface area contributed by atoms with E-state index in [-0.39, 0.29) is 11.8 Å². The molecule has 36 heavy (non-hydrogen) atoms. The number of amides is 1. The lowest BCUT2D eigenvalue weighted by Gasteiger charge is -2.31. The summed E-state index contributed by atoms with van der Waals surface area (Å²) in [6.45, 7) is 4.89. The molecule has 2 N–H and O–H groups in total. The van der Waals surface area contributed by atoms with Gasteiger partial charge in [0.2, 0.25) is 17.7 Å². The number of carbonyl (C=O) groups is 1. The normalized spacial score (nSPS) is 15.6. The zero-order valence-corrected chi connectivity index (χ0v) is 20.5. The summed E-state index contributed by atoms with van der Waals surface area (Å²) >= 11 is 6.72. The molecule has 1 atom stereocenters. The summed E-state index contributed by atoms with van der Waals surface area (Å²) in [5, 5.41) is 0.434. The predicted octanol–water partition coefficient (Wildman–Crippen LogP) is 4.72. The van der Waals surface area contributed by atoms with Gasteiger partial charge in [-0.1, -0.05) is 18.2 Å². The molecular formula is C26H25ClN6O3. The summed E-state index contributed by atoms with van der Waals surface area (Å²) in [6, 6.07) is 10.6. The van der Waals surface area contributed by atoms with Crippen LogP contribution in [0.25, 0.3) is 16.9 Å². The van der Waals surface area contributed by atoms with E-state index in [9.17, 15) is 4.79 Å². The number of carbonyl (C=O) groups excluding carboxylic acids is 1. The smallest absolute Gasteiger partial charge is 0.245 e. The minimum atomic E-state index is -0.0752. The lowest BCUT2D eigenvalue weighted by molar-refractivity contribution is -0.127. The highest BCUT2D eigenvalue weighted by Crippen LogP contribution is 2.37. The summed E-state index contributed by atoms with van der Waals surface area (Å²) in [4.78, 5) is 27.5.